The van der Waals surface area contributed by atoms with Crippen LogP contribution < -0.4 is 0 Å². The molecule has 9 rings (SSSR count). The fourth-order valence-corrected chi connectivity index (χ4v) is 7.29. The molecular weight excluding hydrogens is 757 g/mol. The lowest BCUT2D eigenvalue weighted by Gasteiger charge is -2.10. The quantitative estimate of drug-likeness (QED) is 0.123. The second-order valence-electron chi connectivity index (χ2n) is 14.4. The van der Waals surface area contributed by atoms with E-state index in [0.29, 0.717) is 22.8 Å². The molecule has 0 bridgehead atoms. The van der Waals surface area contributed by atoms with Crippen LogP contribution in [0.2, 0.25) is 0 Å². The fourth-order valence-electron chi connectivity index (χ4n) is 7.29. The highest BCUT2D eigenvalue weighted by Crippen LogP contribution is 2.30. The van der Waals surface area contributed by atoms with E-state index in [0.717, 1.165) is 66.8 Å². The van der Waals surface area contributed by atoms with Crippen LogP contribution in [0.1, 0.15) is 45.0 Å². The summed E-state index contributed by atoms with van der Waals surface area (Å²) in [5.41, 5.74) is 15.3. The maximum Gasteiger partial charge on any atom is 0.0894 e. The highest BCUT2D eigenvalue weighted by molar-refractivity contribution is 5.88. The van der Waals surface area contributed by atoms with E-state index in [2.05, 4.69) is 92.8 Å². The van der Waals surface area contributed by atoms with E-state index in [9.17, 15) is 0 Å². The molecule has 4 aromatic carbocycles. The molecular formula is C56H40N6. The number of rotatable bonds is 12. The molecule has 0 radical (unpaired) electrons. The first-order chi connectivity index (χ1) is 30.8. The second kappa shape index (κ2) is 19.1. The molecule has 0 saturated carbocycles. The van der Waals surface area contributed by atoms with E-state index in [4.69, 9.17) is 9.97 Å². The SMILES string of the molecule is C(=Cc1nc(C=Cc2ccncc2-c2ccccc2)c(C=Cc2ccncc2-c2ccccc2)nc1C=Cc1ccncc1-c1ccccc1)c1ccncc1-c1ccccc1. The number of hydrogen-bond donors (Lipinski definition) is 0. The van der Waals surface area contributed by atoms with Crippen molar-refractivity contribution >= 4 is 48.6 Å². The Morgan fingerprint density at radius 3 is 0.694 bits per heavy atom. The van der Waals surface area contributed by atoms with Crippen molar-refractivity contribution in [1.29, 1.82) is 0 Å². The van der Waals surface area contributed by atoms with Crippen molar-refractivity contribution in [2.24, 2.45) is 0 Å². The first kappa shape index (κ1) is 39.0. The third-order valence-corrected chi connectivity index (χ3v) is 10.4. The molecule has 6 nitrogen and oxygen atoms in total. The average Bonchev–Trinajstić information content (AvgIpc) is 3.35. The standard InChI is InChI=1S/C56H40N6/c1-5-13-41(14-6-1)49-37-57-33-29-45(49)21-25-53-54(26-22-46-30-34-58-38-50(46)42-15-7-2-8-16-42)62-56(28-24-48-32-36-60-40-52(48)44-19-11-4-12-20-44)55(61-53)27-23-47-31-35-59-39-51(47)43-17-9-3-10-18-43/h1-40H. The van der Waals surface area contributed by atoms with Crippen molar-refractivity contribution in [3.8, 4) is 44.5 Å². The first-order valence-electron chi connectivity index (χ1n) is 20.4. The second-order valence-corrected chi connectivity index (χ2v) is 14.4. The van der Waals surface area contributed by atoms with Gasteiger partial charge in [-0.2, -0.15) is 0 Å². The summed E-state index contributed by atoms with van der Waals surface area (Å²) in [7, 11) is 0. The first-order valence-corrected chi connectivity index (χ1v) is 20.4. The largest absolute Gasteiger partial charge is 0.264 e. The monoisotopic (exact) mass is 796 g/mol. The van der Waals surface area contributed by atoms with Gasteiger partial charge in [0.2, 0.25) is 0 Å². The summed E-state index contributed by atoms with van der Waals surface area (Å²) in [6.07, 6.45) is 31.4. The van der Waals surface area contributed by atoms with Crippen molar-refractivity contribution in [2.45, 2.75) is 0 Å². The summed E-state index contributed by atoms with van der Waals surface area (Å²) in [5, 5.41) is 0. The van der Waals surface area contributed by atoms with Gasteiger partial charge in [0.15, 0.2) is 0 Å². The summed E-state index contributed by atoms with van der Waals surface area (Å²) in [6, 6.07) is 49.3. The van der Waals surface area contributed by atoms with Crippen LogP contribution in [0.5, 0.6) is 0 Å². The van der Waals surface area contributed by atoms with Crippen molar-refractivity contribution in [1.82, 2.24) is 29.9 Å². The minimum atomic E-state index is 0.705. The van der Waals surface area contributed by atoms with E-state index in [1.807, 2.05) is 171 Å². The Morgan fingerprint density at radius 1 is 0.242 bits per heavy atom. The molecule has 62 heavy (non-hydrogen) atoms. The predicted molar refractivity (Wildman–Crippen MR) is 256 cm³/mol. The Bertz CT molecular complexity index is 2640. The molecule has 0 fully saturated rings. The highest BCUT2D eigenvalue weighted by Gasteiger charge is 2.12. The van der Waals surface area contributed by atoms with Gasteiger partial charge in [0.25, 0.3) is 0 Å². The molecule has 0 amide bonds. The molecule has 6 heteroatoms. The summed E-state index contributed by atoms with van der Waals surface area (Å²) >= 11 is 0. The van der Waals surface area contributed by atoms with E-state index in [1.54, 1.807) is 0 Å². The number of nitrogens with zero attached hydrogens (tertiary/aromatic N) is 6. The lowest BCUT2D eigenvalue weighted by Crippen LogP contribution is -2.00. The third-order valence-electron chi connectivity index (χ3n) is 10.4. The maximum atomic E-state index is 5.40. The highest BCUT2D eigenvalue weighted by atomic mass is 14.8. The van der Waals surface area contributed by atoms with E-state index >= 15 is 0 Å². The molecule has 5 aromatic heterocycles. The summed E-state index contributed by atoms with van der Waals surface area (Å²) in [4.78, 5) is 28.7. The zero-order valence-electron chi connectivity index (χ0n) is 33.8. The molecule has 294 valence electrons. The van der Waals surface area contributed by atoms with E-state index < -0.39 is 0 Å². The van der Waals surface area contributed by atoms with Gasteiger partial charge < -0.3 is 0 Å². The van der Waals surface area contributed by atoms with Gasteiger partial charge in [-0.25, -0.2) is 9.97 Å². The Kier molecular flexibility index (Phi) is 12.0. The predicted octanol–water partition coefficient (Wildman–Crippen LogP) is 13.4. The number of benzene rings is 4. The van der Waals surface area contributed by atoms with Crippen LogP contribution in [0.4, 0.5) is 0 Å². The topological polar surface area (TPSA) is 77.3 Å². The molecule has 0 aliphatic rings. The average molecular weight is 797 g/mol. The Morgan fingerprint density at radius 2 is 0.468 bits per heavy atom. The fraction of sp³-hybridized carbons (Fsp3) is 0. The molecule has 0 saturated heterocycles. The van der Waals surface area contributed by atoms with Gasteiger partial charge in [-0.3, -0.25) is 19.9 Å². The van der Waals surface area contributed by atoms with Gasteiger partial charge in [0, 0.05) is 71.8 Å². The summed E-state index contributed by atoms with van der Waals surface area (Å²) in [6.45, 7) is 0. The molecule has 9 aromatic rings. The van der Waals surface area contributed by atoms with Crippen LogP contribution >= 0.6 is 0 Å². The van der Waals surface area contributed by atoms with Crippen molar-refractivity contribution in [2.75, 3.05) is 0 Å². The number of aromatic nitrogens is 6. The molecule has 0 atom stereocenters. The van der Waals surface area contributed by atoms with Gasteiger partial charge in [0.1, 0.15) is 0 Å². The van der Waals surface area contributed by atoms with Crippen molar-refractivity contribution in [3.63, 3.8) is 0 Å². The molecule has 0 unspecified atom stereocenters. The minimum absolute atomic E-state index is 0.705. The number of hydrogen-bond acceptors (Lipinski definition) is 6. The zero-order valence-corrected chi connectivity index (χ0v) is 33.8. The Labute approximate surface area is 361 Å². The van der Waals surface area contributed by atoms with Gasteiger partial charge >= 0.3 is 0 Å². The van der Waals surface area contributed by atoms with Crippen molar-refractivity contribution in [3.05, 3.63) is 240 Å². The molecule has 0 aliphatic carbocycles. The van der Waals surface area contributed by atoms with E-state index in [-0.39, 0.29) is 0 Å². The van der Waals surface area contributed by atoms with Gasteiger partial charge in [-0.05, 0) is 93.1 Å². The van der Waals surface area contributed by atoms with Gasteiger partial charge in [-0.1, -0.05) is 146 Å². The van der Waals surface area contributed by atoms with Gasteiger partial charge in [-0.15, -0.1) is 0 Å². The Hall–Kier alpha value is -8.48. The molecule has 0 aliphatic heterocycles. The van der Waals surface area contributed by atoms with Crippen molar-refractivity contribution < 1.29 is 0 Å². The van der Waals surface area contributed by atoms with Crippen LogP contribution in [-0.4, -0.2) is 29.9 Å². The van der Waals surface area contributed by atoms with Gasteiger partial charge in [0.05, 0.1) is 22.8 Å². The van der Waals surface area contributed by atoms with Crippen LogP contribution in [0, 0.1) is 0 Å². The normalized spacial score (nSPS) is 11.6. The lowest BCUT2D eigenvalue weighted by molar-refractivity contribution is 1.12. The lowest BCUT2D eigenvalue weighted by atomic mass is 10.0. The van der Waals surface area contributed by atoms with Crippen LogP contribution in [0.15, 0.2) is 195 Å². The Balaban J connectivity index is 1.21. The summed E-state index contributed by atoms with van der Waals surface area (Å²) in [5.74, 6) is 0. The third kappa shape index (κ3) is 9.20. The summed E-state index contributed by atoms with van der Waals surface area (Å²) < 4.78 is 0. The maximum absolute atomic E-state index is 5.40. The smallest absolute Gasteiger partial charge is 0.0894 e. The molecule has 5 heterocycles. The van der Waals surface area contributed by atoms with E-state index in [1.165, 1.54) is 0 Å². The van der Waals surface area contributed by atoms with Crippen LogP contribution in [0.3, 0.4) is 0 Å². The minimum Gasteiger partial charge on any atom is -0.264 e. The number of pyridine rings is 4. The molecule has 0 spiro atoms. The molecule has 0 N–H and O–H groups in total. The van der Waals surface area contributed by atoms with Crippen LogP contribution in [0.25, 0.3) is 93.1 Å². The van der Waals surface area contributed by atoms with Crippen LogP contribution in [-0.2, 0) is 0 Å². The zero-order chi connectivity index (χ0) is 41.8.